The van der Waals surface area contributed by atoms with Crippen molar-refractivity contribution in [1.82, 2.24) is 9.97 Å². The van der Waals surface area contributed by atoms with Crippen molar-refractivity contribution < 1.29 is 5.11 Å². The molecule has 0 spiro atoms. The Balaban J connectivity index is 1.88. The number of nitrogens with zero attached hydrogens (tertiary/aromatic N) is 2. The summed E-state index contributed by atoms with van der Waals surface area (Å²) < 4.78 is 0. The van der Waals surface area contributed by atoms with Gasteiger partial charge < -0.3 is 5.11 Å². The predicted octanol–water partition coefficient (Wildman–Crippen LogP) is 2.72. The van der Waals surface area contributed by atoms with Crippen LogP contribution in [0, 0.1) is 6.92 Å². The summed E-state index contributed by atoms with van der Waals surface area (Å²) in [5.74, 6) is 1.28. The van der Waals surface area contributed by atoms with E-state index in [4.69, 9.17) is 0 Å². The van der Waals surface area contributed by atoms with Gasteiger partial charge in [0.15, 0.2) is 0 Å². The van der Waals surface area contributed by atoms with Gasteiger partial charge in [-0.2, -0.15) is 0 Å². The highest BCUT2D eigenvalue weighted by molar-refractivity contribution is 5.35. The van der Waals surface area contributed by atoms with Crippen LogP contribution >= 0.6 is 0 Å². The van der Waals surface area contributed by atoms with E-state index in [0.717, 1.165) is 29.9 Å². The lowest BCUT2D eigenvalue weighted by Gasteiger charge is -2.12. The lowest BCUT2D eigenvalue weighted by atomic mass is 10.0. The van der Waals surface area contributed by atoms with Crippen molar-refractivity contribution in [3.05, 3.63) is 58.7 Å². The van der Waals surface area contributed by atoms with Crippen LogP contribution in [0.3, 0.4) is 0 Å². The monoisotopic (exact) mass is 254 g/mol. The summed E-state index contributed by atoms with van der Waals surface area (Å²) in [7, 11) is 0. The topological polar surface area (TPSA) is 46.0 Å². The van der Waals surface area contributed by atoms with Crippen molar-refractivity contribution in [2.75, 3.05) is 0 Å². The van der Waals surface area contributed by atoms with E-state index < -0.39 is 6.10 Å². The molecule has 1 aromatic heterocycles. The van der Waals surface area contributed by atoms with E-state index in [0.29, 0.717) is 5.92 Å². The standard InChI is InChI=1S/C16H18N2O/c1-10-15(11(2)19)9-17-16(18-10)14-7-12-5-3-4-6-13(12)8-14/h3-6,9,11,14,19H,7-8H2,1-2H3/t11-/m1/s1. The Bertz CT molecular complexity index is 582. The third-order valence-corrected chi connectivity index (χ3v) is 3.90. The smallest absolute Gasteiger partial charge is 0.132 e. The van der Waals surface area contributed by atoms with Crippen molar-refractivity contribution in [3.8, 4) is 0 Å². The number of aliphatic hydroxyl groups is 1. The Morgan fingerprint density at radius 2 is 1.84 bits per heavy atom. The summed E-state index contributed by atoms with van der Waals surface area (Å²) in [5.41, 5.74) is 4.52. The van der Waals surface area contributed by atoms with Gasteiger partial charge in [-0.15, -0.1) is 0 Å². The number of hydrogen-bond acceptors (Lipinski definition) is 3. The molecule has 0 unspecified atom stereocenters. The van der Waals surface area contributed by atoms with E-state index in [1.165, 1.54) is 11.1 Å². The highest BCUT2D eigenvalue weighted by Gasteiger charge is 2.25. The third kappa shape index (κ3) is 2.26. The second-order valence-corrected chi connectivity index (χ2v) is 5.32. The minimum Gasteiger partial charge on any atom is -0.389 e. The number of benzene rings is 1. The first-order valence-electron chi connectivity index (χ1n) is 6.73. The van der Waals surface area contributed by atoms with Gasteiger partial charge in [-0.3, -0.25) is 0 Å². The fourth-order valence-corrected chi connectivity index (χ4v) is 2.84. The highest BCUT2D eigenvalue weighted by atomic mass is 16.3. The molecule has 3 rings (SSSR count). The largest absolute Gasteiger partial charge is 0.389 e. The summed E-state index contributed by atoms with van der Waals surface area (Å²) in [4.78, 5) is 9.04. The molecule has 3 heteroatoms. The summed E-state index contributed by atoms with van der Waals surface area (Å²) in [6.07, 6.45) is 3.30. The normalized spacial score (nSPS) is 16.4. The maximum atomic E-state index is 9.62. The molecule has 2 aromatic rings. The number of aromatic nitrogens is 2. The first kappa shape index (κ1) is 12.3. The summed E-state index contributed by atoms with van der Waals surface area (Å²) in [6, 6.07) is 8.55. The average molecular weight is 254 g/mol. The average Bonchev–Trinajstić information content (AvgIpc) is 2.81. The number of hydrogen-bond donors (Lipinski definition) is 1. The molecule has 19 heavy (non-hydrogen) atoms. The zero-order valence-corrected chi connectivity index (χ0v) is 11.3. The van der Waals surface area contributed by atoms with Gasteiger partial charge in [0.25, 0.3) is 0 Å². The Hall–Kier alpha value is -1.74. The van der Waals surface area contributed by atoms with Crippen molar-refractivity contribution in [1.29, 1.82) is 0 Å². The van der Waals surface area contributed by atoms with E-state index >= 15 is 0 Å². The molecule has 0 fully saturated rings. The molecule has 1 atom stereocenters. The predicted molar refractivity (Wildman–Crippen MR) is 74.0 cm³/mol. The molecule has 0 saturated carbocycles. The van der Waals surface area contributed by atoms with Crippen molar-refractivity contribution in [2.45, 2.75) is 38.7 Å². The molecular weight excluding hydrogens is 236 g/mol. The summed E-state index contributed by atoms with van der Waals surface area (Å²) >= 11 is 0. The Morgan fingerprint density at radius 3 is 2.37 bits per heavy atom. The van der Waals surface area contributed by atoms with Crippen LogP contribution in [0.1, 0.15) is 47.2 Å². The van der Waals surface area contributed by atoms with E-state index in [1.807, 2.05) is 6.92 Å². The van der Waals surface area contributed by atoms with E-state index in [2.05, 4.69) is 34.2 Å². The fraction of sp³-hybridized carbons (Fsp3) is 0.375. The van der Waals surface area contributed by atoms with Gasteiger partial charge in [-0.05, 0) is 37.8 Å². The van der Waals surface area contributed by atoms with E-state index in [1.54, 1.807) is 13.1 Å². The maximum Gasteiger partial charge on any atom is 0.132 e. The van der Waals surface area contributed by atoms with Crippen LogP contribution in [0.4, 0.5) is 0 Å². The van der Waals surface area contributed by atoms with Crippen LogP contribution in [0.2, 0.25) is 0 Å². The van der Waals surface area contributed by atoms with Crippen LogP contribution < -0.4 is 0 Å². The van der Waals surface area contributed by atoms with Crippen LogP contribution in [0.25, 0.3) is 0 Å². The summed E-state index contributed by atoms with van der Waals surface area (Å²) in [5, 5.41) is 9.62. The van der Waals surface area contributed by atoms with Crippen LogP contribution in [0.5, 0.6) is 0 Å². The molecule has 1 N–H and O–H groups in total. The molecule has 1 aromatic carbocycles. The van der Waals surface area contributed by atoms with Crippen LogP contribution in [0.15, 0.2) is 30.5 Å². The maximum absolute atomic E-state index is 9.62. The van der Waals surface area contributed by atoms with Gasteiger partial charge in [0, 0.05) is 23.4 Å². The van der Waals surface area contributed by atoms with Crippen LogP contribution in [-0.4, -0.2) is 15.1 Å². The van der Waals surface area contributed by atoms with Gasteiger partial charge in [-0.25, -0.2) is 9.97 Å². The van der Waals surface area contributed by atoms with Crippen molar-refractivity contribution >= 4 is 0 Å². The molecule has 1 aliphatic carbocycles. The molecule has 1 aliphatic rings. The van der Waals surface area contributed by atoms with Crippen molar-refractivity contribution in [3.63, 3.8) is 0 Å². The van der Waals surface area contributed by atoms with Gasteiger partial charge in [0.2, 0.25) is 0 Å². The molecule has 0 radical (unpaired) electrons. The third-order valence-electron chi connectivity index (χ3n) is 3.90. The second kappa shape index (κ2) is 4.74. The van der Waals surface area contributed by atoms with Crippen molar-refractivity contribution in [2.24, 2.45) is 0 Å². The van der Waals surface area contributed by atoms with Gasteiger partial charge in [0.1, 0.15) is 5.82 Å². The lowest BCUT2D eigenvalue weighted by molar-refractivity contribution is 0.197. The van der Waals surface area contributed by atoms with E-state index in [9.17, 15) is 5.11 Å². The molecule has 3 nitrogen and oxygen atoms in total. The number of aryl methyl sites for hydroxylation is 1. The molecule has 0 aliphatic heterocycles. The molecule has 0 amide bonds. The van der Waals surface area contributed by atoms with Gasteiger partial charge >= 0.3 is 0 Å². The highest BCUT2D eigenvalue weighted by Crippen LogP contribution is 2.32. The molecule has 0 bridgehead atoms. The minimum atomic E-state index is -0.505. The number of aliphatic hydroxyl groups excluding tert-OH is 1. The molecule has 98 valence electrons. The first-order chi connectivity index (χ1) is 9.15. The Labute approximate surface area is 113 Å². The number of fused-ring (bicyclic) bond motifs is 1. The van der Waals surface area contributed by atoms with E-state index in [-0.39, 0.29) is 0 Å². The Kier molecular flexibility index (Phi) is 3.07. The SMILES string of the molecule is Cc1nc(C2Cc3ccccc3C2)ncc1[C@@H](C)O. The first-order valence-corrected chi connectivity index (χ1v) is 6.73. The molecule has 0 saturated heterocycles. The molecular formula is C16H18N2O. The fourth-order valence-electron chi connectivity index (χ4n) is 2.84. The zero-order valence-electron chi connectivity index (χ0n) is 11.3. The summed E-state index contributed by atoms with van der Waals surface area (Å²) in [6.45, 7) is 3.69. The lowest BCUT2D eigenvalue weighted by Crippen LogP contribution is -2.08. The molecule has 1 heterocycles. The Morgan fingerprint density at radius 1 is 1.21 bits per heavy atom. The second-order valence-electron chi connectivity index (χ2n) is 5.32. The number of rotatable bonds is 2. The zero-order chi connectivity index (χ0) is 13.4. The van der Waals surface area contributed by atoms with Gasteiger partial charge in [0.05, 0.1) is 6.10 Å². The van der Waals surface area contributed by atoms with Crippen LogP contribution in [-0.2, 0) is 12.8 Å². The van der Waals surface area contributed by atoms with Gasteiger partial charge in [-0.1, -0.05) is 24.3 Å². The quantitative estimate of drug-likeness (QED) is 0.896. The minimum absolute atomic E-state index is 0.374.